The van der Waals surface area contributed by atoms with Gasteiger partial charge in [-0.3, -0.25) is 4.90 Å². The molecule has 1 aromatic carbocycles. The Bertz CT molecular complexity index is 669. The summed E-state index contributed by atoms with van der Waals surface area (Å²) in [5.41, 5.74) is 2.38. The Labute approximate surface area is 150 Å². The molecule has 0 aliphatic carbocycles. The van der Waals surface area contributed by atoms with Crippen LogP contribution in [0.1, 0.15) is 29.9 Å². The second-order valence-electron chi connectivity index (χ2n) is 6.82. The standard InChI is InChI=1S/C20H28N4O/c1-16-13-20(22-19(21-16)15-25-3)23(2)18-9-11-24(12-10-18)14-17-7-5-4-6-8-17/h4-8,13,18H,9-12,14-15H2,1-3H3. The van der Waals surface area contributed by atoms with E-state index in [-0.39, 0.29) is 0 Å². The van der Waals surface area contributed by atoms with E-state index < -0.39 is 0 Å². The monoisotopic (exact) mass is 340 g/mol. The lowest BCUT2D eigenvalue weighted by Crippen LogP contribution is -2.43. The summed E-state index contributed by atoms with van der Waals surface area (Å²) < 4.78 is 5.18. The Hall–Kier alpha value is -1.98. The molecule has 0 atom stereocenters. The van der Waals surface area contributed by atoms with Crippen LogP contribution in [0.25, 0.3) is 0 Å². The molecule has 1 aliphatic rings. The SMILES string of the molecule is COCc1nc(C)cc(N(C)C2CCN(Cc3ccccc3)CC2)n1. The summed E-state index contributed by atoms with van der Waals surface area (Å²) in [7, 11) is 3.83. The smallest absolute Gasteiger partial charge is 0.156 e. The second kappa shape index (κ2) is 8.41. The van der Waals surface area contributed by atoms with E-state index in [1.807, 2.05) is 6.92 Å². The third-order valence-corrected chi connectivity index (χ3v) is 4.88. The number of rotatable bonds is 6. The van der Waals surface area contributed by atoms with Gasteiger partial charge in [0.25, 0.3) is 0 Å². The first-order valence-electron chi connectivity index (χ1n) is 8.98. The van der Waals surface area contributed by atoms with E-state index in [4.69, 9.17) is 4.74 Å². The van der Waals surface area contributed by atoms with E-state index in [9.17, 15) is 0 Å². The maximum atomic E-state index is 5.18. The fourth-order valence-corrected chi connectivity index (χ4v) is 3.48. The lowest BCUT2D eigenvalue weighted by molar-refractivity contribution is 0.177. The highest BCUT2D eigenvalue weighted by Gasteiger charge is 2.23. The topological polar surface area (TPSA) is 41.5 Å². The van der Waals surface area contributed by atoms with E-state index >= 15 is 0 Å². The molecule has 0 unspecified atom stereocenters. The summed E-state index contributed by atoms with van der Waals surface area (Å²) in [6.07, 6.45) is 2.32. The maximum Gasteiger partial charge on any atom is 0.156 e. The highest BCUT2D eigenvalue weighted by atomic mass is 16.5. The molecule has 5 nitrogen and oxygen atoms in total. The minimum Gasteiger partial charge on any atom is -0.377 e. The van der Waals surface area contributed by atoms with Crippen LogP contribution < -0.4 is 4.90 Å². The number of piperidine rings is 1. The zero-order valence-electron chi connectivity index (χ0n) is 15.5. The quantitative estimate of drug-likeness (QED) is 0.808. The van der Waals surface area contributed by atoms with Gasteiger partial charge in [0.2, 0.25) is 0 Å². The van der Waals surface area contributed by atoms with Crippen molar-refractivity contribution in [1.29, 1.82) is 0 Å². The molecular formula is C20H28N4O. The molecule has 0 saturated carbocycles. The number of aryl methyl sites for hydroxylation is 1. The number of aromatic nitrogens is 2. The minimum atomic E-state index is 0.456. The highest BCUT2D eigenvalue weighted by molar-refractivity contribution is 5.40. The van der Waals surface area contributed by atoms with Crippen LogP contribution in [0.3, 0.4) is 0 Å². The predicted molar refractivity (Wildman–Crippen MR) is 101 cm³/mol. The Kier molecular flexibility index (Phi) is 6.00. The number of benzene rings is 1. The van der Waals surface area contributed by atoms with E-state index in [1.165, 1.54) is 5.56 Å². The second-order valence-corrected chi connectivity index (χ2v) is 6.82. The molecule has 0 radical (unpaired) electrons. The predicted octanol–water partition coefficient (Wildman–Crippen LogP) is 3.03. The molecule has 0 amide bonds. The average Bonchev–Trinajstić information content (AvgIpc) is 2.62. The maximum absolute atomic E-state index is 5.18. The zero-order valence-corrected chi connectivity index (χ0v) is 15.5. The van der Waals surface area contributed by atoms with E-state index in [1.54, 1.807) is 7.11 Å². The summed E-state index contributed by atoms with van der Waals surface area (Å²) in [6, 6.07) is 13.3. The zero-order chi connectivity index (χ0) is 17.6. The first kappa shape index (κ1) is 17.8. The first-order valence-corrected chi connectivity index (χ1v) is 8.98. The summed E-state index contributed by atoms with van der Waals surface area (Å²) in [4.78, 5) is 14.0. The van der Waals surface area contributed by atoms with Gasteiger partial charge in [-0.1, -0.05) is 30.3 Å². The van der Waals surface area contributed by atoms with Crippen LogP contribution in [0.2, 0.25) is 0 Å². The van der Waals surface area contributed by atoms with E-state index in [0.717, 1.165) is 49.8 Å². The van der Waals surface area contributed by atoms with Crippen molar-refractivity contribution in [2.24, 2.45) is 0 Å². The summed E-state index contributed by atoms with van der Waals surface area (Å²) in [5, 5.41) is 0. The van der Waals surface area contributed by atoms with Crippen molar-refractivity contribution < 1.29 is 4.74 Å². The molecule has 2 aromatic rings. The van der Waals surface area contributed by atoms with Crippen molar-refractivity contribution in [3.05, 3.63) is 53.5 Å². The van der Waals surface area contributed by atoms with Crippen molar-refractivity contribution in [2.75, 3.05) is 32.1 Å². The van der Waals surface area contributed by atoms with Gasteiger partial charge in [0.1, 0.15) is 12.4 Å². The number of likely N-dealkylation sites (tertiary alicyclic amines) is 1. The third kappa shape index (κ3) is 4.77. The van der Waals surface area contributed by atoms with Crippen LogP contribution in [-0.4, -0.2) is 48.2 Å². The Morgan fingerprint density at radius 3 is 2.56 bits per heavy atom. The minimum absolute atomic E-state index is 0.456. The van der Waals surface area contributed by atoms with E-state index in [2.05, 4.69) is 63.2 Å². The Morgan fingerprint density at radius 2 is 1.88 bits per heavy atom. The van der Waals surface area contributed by atoms with Gasteiger partial charge in [-0.2, -0.15) is 0 Å². The van der Waals surface area contributed by atoms with Gasteiger partial charge in [-0.05, 0) is 25.3 Å². The van der Waals surface area contributed by atoms with Crippen molar-refractivity contribution in [3.63, 3.8) is 0 Å². The highest BCUT2D eigenvalue weighted by Crippen LogP contribution is 2.22. The molecule has 0 bridgehead atoms. The van der Waals surface area contributed by atoms with Gasteiger partial charge in [-0.25, -0.2) is 9.97 Å². The van der Waals surface area contributed by atoms with Crippen LogP contribution in [-0.2, 0) is 17.9 Å². The molecule has 25 heavy (non-hydrogen) atoms. The number of nitrogens with zero attached hydrogens (tertiary/aromatic N) is 4. The van der Waals surface area contributed by atoms with Crippen LogP contribution in [0, 0.1) is 6.92 Å². The van der Waals surface area contributed by atoms with Gasteiger partial charge >= 0.3 is 0 Å². The summed E-state index contributed by atoms with van der Waals surface area (Å²) in [5.74, 6) is 1.76. The number of ether oxygens (including phenoxy) is 1. The molecule has 3 rings (SSSR count). The van der Waals surface area contributed by atoms with Gasteiger partial charge < -0.3 is 9.64 Å². The largest absolute Gasteiger partial charge is 0.377 e. The Balaban J connectivity index is 1.59. The first-order chi connectivity index (χ1) is 12.2. The van der Waals surface area contributed by atoms with Crippen LogP contribution in [0.5, 0.6) is 0 Å². The van der Waals surface area contributed by atoms with Crippen molar-refractivity contribution in [3.8, 4) is 0 Å². The molecule has 0 N–H and O–H groups in total. The average molecular weight is 340 g/mol. The molecule has 1 fully saturated rings. The Morgan fingerprint density at radius 1 is 1.16 bits per heavy atom. The lowest BCUT2D eigenvalue weighted by atomic mass is 10.0. The molecule has 1 aliphatic heterocycles. The molecule has 2 heterocycles. The lowest BCUT2D eigenvalue weighted by Gasteiger charge is -2.37. The number of hydrogen-bond acceptors (Lipinski definition) is 5. The molecule has 134 valence electrons. The van der Waals surface area contributed by atoms with Crippen molar-refractivity contribution >= 4 is 5.82 Å². The van der Waals surface area contributed by atoms with Gasteiger partial charge in [0.15, 0.2) is 5.82 Å². The normalized spacial score (nSPS) is 16.1. The number of methoxy groups -OCH3 is 1. The fourth-order valence-electron chi connectivity index (χ4n) is 3.48. The summed E-state index contributed by atoms with van der Waals surface area (Å²) in [6.45, 7) is 5.76. The molecule has 1 aromatic heterocycles. The molecule has 5 heteroatoms. The van der Waals surface area contributed by atoms with Crippen molar-refractivity contribution in [2.45, 2.75) is 39.0 Å². The molecular weight excluding hydrogens is 312 g/mol. The van der Waals surface area contributed by atoms with Crippen LogP contribution in [0.4, 0.5) is 5.82 Å². The van der Waals surface area contributed by atoms with Crippen LogP contribution >= 0.6 is 0 Å². The van der Waals surface area contributed by atoms with Crippen molar-refractivity contribution in [1.82, 2.24) is 14.9 Å². The molecule has 0 spiro atoms. The third-order valence-electron chi connectivity index (χ3n) is 4.88. The van der Waals surface area contributed by atoms with Gasteiger partial charge in [0, 0.05) is 51.6 Å². The van der Waals surface area contributed by atoms with E-state index in [0.29, 0.717) is 12.6 Å². The number of hydrogen-bond donors (Lipinski definition) is 0. The van der Waals surface area contributed by atoms with Gasteiger partial charge in [0.05, 0.1) is 0 Å². The van der Waals surface area contributed by atoms with Crippen LogP contribution in [0.15, 0.2) is 36.4 Å². The molecule has 1 saturated heterocycles. The fraction of sp³-hybridized carbons (Fsp3) is 0.500. The number of anilines is 1. The summed E-state index contributed by atoms with van der Waals surface area (Å²) >= 11 is 0. The van der Waals surface area contributed by atoms with Gasteiger partial charge in [-0.15, -0.1) is 0 Å².